The molecule has 1 heterocycles. The summed E-state index contributed by atoms with van der Waals surface area (Å²) in [5.41, 5.74) is 5.58. The van der Waals surface area contributed by atoms with E-state index in [0.29, 0.717) is 10.6 Å². The monoisotopic (exact) mass is 412 g/mol. The lowest BCUT2D eigenvalue weighted by Gasteiger charge is -2.14. The number of nitrogens with two attached hydrogens (primary N) is 1. The Kier molecular flexibility index (Phi) is 7.87. The first-order chi connectivity index (χ1) is 12.8. The van der Waals surface area contributed by atoms with E-state index in [1.54, 1.807) is 24.3 Å². The van der Waals surface area contributed by atoms with E-state index in [1.165, 1.54) is 0 Å². The highest BCUT2D eigenvalue weighted by Crippen LogP contribution is 2.33. The zero-order valence-corrected chi connectivity index (χ0v) is 16.9. The zero-order chi connectivity index (χ0) is 20.0. The van der Waals surface area contributed by atoms with E-state index in [1.807, 2.05) is 6.92 Å². The van der Waals surface area contributed by atoms with Gasteiger partial charge in [0.05, 0.1) is 17.3 Å². The molecule has 146 valence electrons. The Morgan fingerprint density at radius 2 is 1.93 bits per heavy atom. The maximum absolute atomic E-state index is 14.5. The molecule has 2 rings (SSSR count). The minimum Gasteiger partial charge on any atom is -0.461 e. The molecule has 0 radical (unpaired) electrons. The van der Waals surface area contributed by atoms with Crippen LogP contribution in [0, 0.1) is 11.7 Å². The summed E-state index contributed by atoms with van der Waals surface area (Å²) in [7, 11) is 0. The maximum Gasteiger partial charge on any atom is 0.358 e. The molecule has 0 saturated heterocycles. The highest BCUT2D eigenvalue weighted by Gasteiger charge is 2.23. The Hall–Kier alpha value is -1.85. The fourth-order valence-electron chi connectivity index (χ4n) is 2.61. The third-order valence-corrected chi connectivity index (χ3v) is 4.86. The third kappa shape index (κ3) is 5.56. The normalized spacial score (nSPS) is 12.0. The summed E-state index contributed by atoms with van der Waals surface area (Å²) in [6.07, 6.45) is 4.32. The Labute approximate surface area is 168 Å². The van der Waals surface area contributed by atoms with Gasteiger partial charge in [0.2, 0.25) is 0 Å². The minimum absolute atomic E-state index is 0.0727. The van der Waals surface area contributed by atoms with Crippen LogP contribution >= 0.6 is 23.2 Å². The molecule has 0 aliphatic rings. The van der Waals surface area contributed by atoms with Gasteiger partial charge in [-0.05, 0) is 24.5 Å². The van der Waals surface area contributed by atoms with E-state index in [4.69, 9.17) is 33.7 Å². The summed E-state index contributed by atoms with van der Waals surface area (Å²) in [5.74, 6) is -1.29. The highest BCUT2D eigenvalue weighted by molar-refractivity contribution is 6.35. The van der Waals surface area contributed by atoms with Crippen LogP contribution in [-0.4, -0.2) is 17.6 Å². The molecule has 27 heavy (non-hydrogen) atoms. The van der Waals surface area contributed by atoms with Gasteiger partial charge in [-0.3, -0.25) is 0 Å². The van der Waals surface area contributed by atoms with Gasteiger partial charge < -0.3 is 10.5 Å². The van der Waals surface area contributed by atoms with Crippen LogP contribution in [-0.2, 0) is 4.74 Å². The predicted octanol–water partition coefficient (Wildman–Crippen LogP) is 6.15. The van der Waals surface area contributed by atoms with E-state index in [0.717, 1.165) is 25.7 Å². The third-order valence-electron chi connectivity index (χ3n) is 4.22. The molecule has 2 N–H and O–H groups in total. The van der Waals surface area contributed by atoms with Crippen LogP contribution in [0.2, 0.25) is 10.0 Å². The van der Waals surface area contributed by atoms with Gasteiger partial charge in [-0.2, -0.15) is 0 Å². The van der Waals surface area contributed by atoms with Gasteiger partial charge in [0.25, 0.3) is 0 Å². The molecule has 0 spiro atoms. The lowest BCUT2D eigenvalue weighted by Crippen LogP contribution is -2.15. The van der Waals surface area contributed by atoms with Crippen molar-refractivity contribution in [2.45, 2.75) is 39.5 Å². The molecule has 0 amide bonds. The molecule has 0 fully saturated rings. The van der Waals surface area contributed by atoms with Crippen molar-refractivity contribution in [3.8, 4) is 11.3 Å². The topological polar surface area (TPSA) is 65.2 Å². The SMILES string of the molecule is CCCCCC(C)COC(=O)c1nc(-c2ccc(Cl)cc2)c(F)c(N)c1Cl. The van der Waals surface area contributed by atoms with Crippen molar-refractivity contribution >= 4 is 34.9 Å². The summed E-state index contributed by atoms with van der Waals surface area (Å²) >= 11 is 11.9. The number of hydrogen-bond acceptors (Lipinski definition) is 4. The molecule has 1 aromatic heterocycles. The second-order valence-electron chi connectivity index (χ2n) is 6.56. The van der Waals surface area contributed by atoms with Crippen molar-refractivity contribution in [3.63, 3.8) is 0 Å². The van der Waals surface area contributed by atoms with Crippen LogP contribution in [0.5, 0.6) is 0 Å². The molecule has 7 heteroatoms. The Morgan fingerprint density at radius 1 is 1.26 bits per heavy atom. The molecule has 0 bridgehead atoms. The van der Waals surface area contributed by atoms with Crippen molar-refractivity contribution in [2.24, 2.45) is 5.92 Å². The standard InChI is InChI=1S/C20H23Cl2FN2O2/c1-3-4-5-6-12(2)11-27-20(26)19-15(22)17(24)16(23)18(25-19)13-7-9-14(21)10-8-13/h7-10,12H,3-6,11H2,1-2H3,(H2,24,25). The Balaban J connectivity index is 2.21. The van der Waals surface area contributed by atoms with E-state index < -0.39 is 11.8 Å². The molecule has 1 unspecified atom stereocenters. The van der Waals surface area contributed by atoms with Gasteiger partial charge in [-0.25, -0.2) is 14.2 Å². The number of benzene rings is 1. The average molecular weight is 413 g/mol. The summed E-state index contributed by atoms with van der Waals surface area (Å²) in [6.45, 7) is 4.39. The fraction of sp³-hybridized carbons (Fsp3) is 0.400. The van der Waals surface area contributed by atoms with Crippen LogP contribution < -0.4 is 5.73 Å². The van der Waals surface area contributed by atoms with Gasteiger partial charge in [-0.1, -0.05) is 68.4 Å². The minimum atomic E-state index is -0.785. The summed E-state index contributed by atoms with van der Waals surface area (Å²) in [6, 6.07) is 6.37. The molecule has 1 atom stereocenters. The highest BCUT2D eigenvalue weighted by atomic mass is 35.5. The number of pyridine rings is 1. The lowest BCUT2D eigenvalue weighted by molar-refractivity contribution is 0.0436. The molecule has 1 aromatic carbocycles. The number of nitrogen functional groups attached to an aromatic ring is 1. The lowest BCUT2D eigenvalue weighted by atomic mass is 10.0. The number of carbonyl (C=O) groups excluding carboxylic acids is 1. The predicted molar refractivity (Wildman–Crippen MR) is 108 cm³/mol. The van der Waals surface area contributed by atoms with Crippen molar-refractivity contribution in [1.29, 1.82) is 0 Å². The van der Waals surface area contributed by atoms with Crippen LogP contribution in [0.15, 0.2) is 24.3 Å². The summed E-state index contributed by atoms with van der Waals surface area (Å²) < 4.78 is 19.8. The summed E-state index contributed by atoms with van der Waals surface area (Å²) in [4.78, 5) is 16.5. The van der Waals surface area contributed by atoms with Crippen molar-refractivity contribution in [3.05, 3.63) is 45.8 Å². The Morgan fingerprint density at radius 3 is 2.56 bits per heavy atom. The number of esters is 1. The number of aromatic nitrogens is 1. The molecule has 0 saturated carbocycles. The molecule has 0 aliphatic carbocycles. The van der Waals surface area contributed by atoms with E-state index >= 15 is 0 Å². The molecule has 2 aromatic rings. The fourth-order valence-corrected chi connectivity index (χ4v) is 2.94. The first-order valence-corrected chi connectivity index (χ1v) is 9.68. The average Bonchev–Trinajstić information content (AvgIpc) is 2.65. The van der Waals surface area contributed by atoms with Crippen molar-refractivity contribution in [2.75, 3.05) is 12.3 Å². The number of anilines is 1. The number of hydrogen-bond donors (Lipinski definition) is 1. The van der Waals surface area contributed by atoms with Gasteiger partial charge in [0.1, 0.15) is 5.69 Å². The number of halogens is 3. The van der Waals surface area contributed by atoms with Crippen molar-refractivity contribution < 1.29 is 13.9 Å². The number of carbonyl (C=O) groups is 1. The maximum atomic E-state index is 14.5. The molecule has 4 nitrogen and oxygen atoms in total. The van der Waals surface area contributed by atoms with E-state index in [-0.39, 0.29) is 34.6 Å². The second kappa shape index (κ2) is 9.90. The van der Waals surface area contributed by atoms with Crippen molar-refractivity contribution in [1.82, 2.24) is 4.98 Å². The first kappa shape index (κ1) is 21.5. The van der Waals surface area contributed by atoms with E-state index in [9.17, 15) is 9.18 Å². The number of nitrogens with zero attached hydrogens (tertiary/aromatic N) is 1. The van der Waals surface area contributed by atoms with Crippen LogP contribution in [0.4, 0.5) is 10.1 Å². The van der Waals surface area contributed by atoms with Crippen LogP contribution in [0.3, 0.4) is 0 Å². The number of unbranched alkanes of at least 4 members (excludes halogenated alkanes) is 2. The van der Waals surface area contributed by atoms with E-state index in [2.05, 4.69) is 11.9 Å². The smallest absolute Gasteiger partial charge is 0.358 e. The van der Waals surface area contributed by atoms with Crippen LogP contribution in [0.1, 0.15) is 50.0 Å². The Bertz CT molecular complexity index is 798. The number of rotatable bonds is 8. The summed E-state index contributed by atoms with van der Waals surface area (Å²) in [5, 5.41) is 0.256. The molecular formula is C20H23Cl2FN2O2. The van der Waals surface area contributed by atoms with Gasteiger partial charge in [0.15, 0.2) is 11.5 Å². The quantitative estimate of drug-likeness (QED) is 0.416. The first-order valence-electron chi connectivity index (χ1n) is 8.92. The second-order valence-corrected chi connectivity index (χ2v) is 7.37. The largest absolute Gasteiger partial charge is 0.461 e. The zero-order valence-electron chi connectivity index (χ0n) is 15.4. The van der Waals surface area contributed by atoms with Gasteiger partial charge in [-0.15, -0.1) is 0 Å². The van der Waals surface area contributed by atoms with Crippen LogP contribution in [0.25, 0.3) is 11.3 Å². The molecular weight excluding hydrogens is 390 g/mol. The molecule has 0 aliphatic heterocycles. The van der Waals surface area contributed by atoms with Gasteiger partial charge in [0, 0.05) is 10.6 Å². The van der Waals surface area contributed by atoms with Gasteiger partial charge >= 0.3 is 5.97 Å². The number of ether oxygens (including phenoxy) is 1.